The maximum absolute atomic E-state index is 7.25. The maximum Gasteiger partial charge on any atom is 0.137 e. The fourth-order valence-electron chi connectivity index (χ4n) is 8.47. The third kappa shape index (κ3) is 4.65. The molecule has 7 aromatic carbocycles. The van der Waals surface area contributed by atoms with E-state index in [0.717, 1.165) is 27.7 Å². The van der Waals surface area contributed by atoms with Crippen LogP contribution in [0.4, 0.5) is 0 Å². The minimum absolute atomic E-state index is 0.296. The molecule has 0 spiro atoms. The van der Waals surface area contributed by atoms with Crippen LogP contribution in [0.25, 0.3) is 88.1 Å². The molecule has 3 nitrogen and oxygen atoms in total. The summed E-state index contributed by atoms with van der Waals surface area (Å²) in [7, 11) is 68.3. The Labute approximate surface area is 330 Å². The molecule has 0 atom stereocenters. The van der Waals surface area contributed by atoms with E-state index in [1.54, 1.807) is 24.3 Å². The molecule has 13 heteroatoms. The lowest BCUT2D eigenvalue weighted by atomic mass is 9.70. The molecule has 0 aliphatic heterocycles. The predicted molar refractivity (Wildman–Crippen MR) is 242 cm³/mol. The van der Waals surface area contributed by atoms with Crippen LogP contribution in [0, 0.1) is 0 Å². The van der Waals surface area contributed by atoms with E-state index in [-0.39, 0.29) is 0 Å². The molecule has 0 saturated heterocycles. The Bertz CT molecular complexity index is 3330. The molecule has 0 bridgehead atoms. The number of benzene rings is 7. The van der Waals surface area contributed by atoms with Crippen LogP contribution in [0.3, 0.4) is 0 Å². The van der Waals surface area contributed by atoms with Crippen molar-refractivity contribution < 1.29 is 4.42 Å². The van der Waals surface area contributed by atoms with Crippen molar-refractivity contribution in [3.8, 4) is 22.5 Å². The number of para-hydroxylation sites is 2. The number of fused-ring (bicyclic) bond motifs is 9. The van der Waals surface area contributed by atoms with Crippen molar-refractivity contribution in [2.75, 3.05) is 0 Å². The van der Waals surface area contributed by atoms with Gasteiger partial charge in [0, 0.05) is 61.1 Å². The van der Waals surface area contributed by atoms with E-state index in [4.69, 9.17) is 82.9 Å². The summed E-state index contributed by atoms with van der Waals surface area (Å²) < 4.78 is 10.2. The van der Waals surface area contributed by atoms with Gasteiger partial charge in [-0.15, -0.1) is 10.9 Å². The number of hydrogen-bond acceptors (Lipinski definition) is 1. The average Bonchev–Trinajstić information content (AvgIpc) is 3.86. The molecule has 3 heterocycles. The monoisotopic (exact) mass is 674 g/mol. The standard InChI is InChI=1S/C42H16B10N2O/c43-23-15-27(47)41-33(37(23)51)31-35(49)21(13-25(45)39(31)53(41)17-6-2-1-3-7-17)22-14-26(46)40-32(36(22)50)34-38(52)24(44)16-28(48)42(34)54(40)18-10-11-20-19-8-4-5-9-29(19)55-30(20)12-18/h1-16H. The summed E-state index contributed by atoms with van der Waals surface area (Å²) >= 11 is 0. The zero-order chi connectivity index (χ0) is 38.2. The minimum Gasteiger partial charge on any atom is -0.456 e. The Hall–Kier alpha value is -5.41. The molecular formula is C42H16B10N2O. The molecule has 0 aliphatic carbocycles. The second-order valence-electron chi connectivity index (χ2n) is 14.0. The molecule has 0 unspecified atom stereocenters. The average molecular weight is 673 g/mol. The Morgan fingerprint density at radius 3 is 1.33 bits per heavy atom. The molecule has 10 aromatic rings. The van der Waals surface area contributed by atoms with E-state index < -0.39 is 0 Å². The first kappa shape index (κ1) is 34.1. The first-order chi connectivity index (χ1) is 26.5. The van der Waals surface area contributed by atoms with Gasteiger partial charge < -0.3 is 13.6 Å². The van der Waals surface area contributed by atoms with E-state index in [2.05, 4.69) is 0 Å². The van der Waals surface area contributed by atoms with Gasteiger partial charge in [-0.3, -0.25) is 0 Å². The van der Waals surface area contributed by atoms with Crippen molar-refractivity contribution in [2.24, 2.45) is 0 Å². The van der Waals surface area contributed by atoms with Crippen LogP contribution in [-0.2, 0) is 0 Å². The molecule has 0 saturated carbocycles. The van der Waals surface area contributed by atoms with Gasteiger partial charge in [-0.2, -0.15) is 0 Å². The van der Waals surface area contributed by atoms with Crippen LogP contribution in [0.2, 0.25) is 0 Å². The Morgan fingerprint density at radius 1 is 0.345 bits per heavy atom. The molecule has 0 N–H and O–H groups in total. The zero-order valence-corrected chi connectivity index (χ0v) is 29.3. The summed E-state index contributed by atoms with van der Waals surface area (Å²) in [6.45, 7) is 0. The summed E-state index contributed by atoms with van der Waals surface area (Å²) in [6.07, 6.45) is 0. The van der Waals surface area contributed by atoms with Gasteiger partial charge in [0.25, 0.3) is 0 Å². The minimum atomic E-state index is 0.296. The molecule has 10 rings (SSSR count). The lowest BCUT2D eigenvalue weighted by molar-refractivity contribution is 0.668. The lowest BCUT2D eigenvalue weighted by Gasteiger charge is -2.19. The van der Waals surface area contributed by atoms with Gasteiger partial charge in [0.2, 0.25) is 0 Å². The molecule has 0 fully saturated rings. The van der Waals surface area contributed by atoms with Gasteiger partial charge in [0.15, 0.2) is 0 Å². The predicted octanol–water partition coefficient (Wildman–Crippen LogP) is -0.615. The SMILES string of the molecule is [B]c1cc([B])c2c(c1[B])c1c([B])c(-c3cc([B])c4c(c3[B])c3c([B])c([B])cc([B])c3n4-c3ccc4c(c3)oc3ccccc34)cc([B])c1n2-c1ccccc1. The van der Waals surface area contributed by atoms with Gasteiger partial charge in [0.1, 0.15) is 89.6 Å². The van der Waals surface area contributed by atoms with E-state index in [9.17, 15) is 0 Å². The molecule has 20 radical (unpaired) electrons. The molecule has 0 amide bonds. The van der Waals surface area contributed by atoms with Crippen LogP contribution in [-0.4, -0.2) is 87.6 Å². The van der Waals surface area contributed by atoms with Crippen molar-refractivity contribution in [2.45, 2.75) is 0 Å². The molecular weight excluding hydrogens is 657 g/mol. The first-order valence-corrected chi connectivity index (χ1v) is 17.4. The van der Waals surface area contributed by atoms with E-state index >= 15 is 0 Å². The number of rotatable bonds is 3. The number of hydrogen-bond donors (Lipinski definition) is 0. The second-order valence-corrected chi connectivity index (χ2v) is 14.0. The summed E-state index contributed by atoms with van der Waals surface area (Å²) in [5, 5.41) is 4.19. The van der Waals surface area contributed by atoms with Gasteiger partial charge in [0.05, 0.1) is 0 Å². The van der Waals surface area contributed by atoms with Crippen molar-refractivity contribution >= 4 is 199 Å². The van der Waals surface area contributed by atoms with E-state index in [0.29, 0.717) is 115 Å². The summed E-state index contributed by atoms with van der Waals surface area (Å²) in [4.78, 5) is 0. The third-order valence-electron chi connectivity index (χ3n) is 10.9. The highest BCUT2D eigenvalue weighted by molar-refractivity contribution is 6.63. The normalized spacial score (nSPS) is 12.0. The molecule has 55 heavy (non-hydrogen) atoms. The summed E-state index contributed by atoms with van der Waals surface area (Å²) in [5.74, 6) is 0. The first-order valence-electron chi connectivity index (χ1n) is 17.4. The van der Waals surface area contributed by atoms with Crippen LogP contribution in [0.1, 0.15) is 0 Å². The van der Waals surface area contributed by atoms with E-state index in [1.807, 2.05) is 81.9 Å². The van der Waals surface area contributed by atoms with Gasteiger partial charge in [-0.1, -0.05) is 104 Å². The topological polar surface area (TPSA) is 23.0 Å². The highest BCUT2D eigenvalue weighted by Gasteiger charge is 2.25. The van der Waals surface area contributed by atoms with Gasteiger partial charge in [-0.05, 0) is 52.2 Å². The third-order valence-corrected chi connectivity index (χ3v) is 10.9. The highest BCUT2D eigenvalue weighted by atomic mass is 16.3. The van der Waals surface area contributed by atoms with Crippen molar-refractivity contribution in [1.29, 1.82) is 0 Å². The molecule has 3 aromatic heterocycles. The van der Waals surface area contributed by atoms with Crippen LogP contribution < -0.4 is 54.6 Å². The number of nitrogens with zero attached hydrogens (tertiary/aromatic N) is 2. The Kier molecular flexibility index (Phi) is 7.47. The fourth-order valence-corrected chi connectivity index (χ4v) is 8.47. The van der Waals surface area contributed by atoms with Gasteiger partial charge in [-0.25, -0.2) is 0 Å². The number of aromatic nitrogens is 2. The molecule has 0 aliphatic rings. The van der Waals surface area contributed by atoms with Crippen LogP contribution in [0.15, 0.2) is 101 Å². The largest absolute Gasteiger partial charge is 0.456 e. The highest BCUT2D eigenvalue weighted by Crippen LogP contribution is 2.35. The smallest absolute Gasteiger partial charge is 0.137 e. The Morgan fingerprint density at radius 2 is 0.782 bits per heavy atom. The van der Waals surface area contributed by atoms with Crippen LogP contribution >= 0.6 is 0 Å². The second kappa shape index (κ2) is 12.0. The molecule has 230 valence electrons. The lowest BCUT2D eigenvalue weighted by Crippen LogP contribution is -2.32. The summed E-state index contributed by atoms with van der Waals surface area (Å²) in [5.41, 5.74) is 9.87. The maximum atomic E-state index is 7.25. The fraction of sp³-hybridized carbons (Fsp3) is 0. The zero-order valence-electron chi connectivity index (χ0n) is 29.3. The summed E-state index contributed by atoms with van der Waals surface area (Å²) in [6, 6.07) is 30.3. The van der Waals surface area contributed by atoms with Gasteiger partial charge >= 0.3 is 0 Å². The number of furan rings is 1. The quantitative estimate of drug-likeness (QED) is 0.230. The van der Waals surface area contributed by atoms with Crippen molar-refractivity contribution in [1.82, 2.24) is 9.13 Å². The van der Waals surface area contributed by atoms with Crippen LogP contribution in [0.5, 0.6) is 0 Å². The Balaban J connectivity index is 1.32. The van der Waals surface area contributed by atoms with E-state index in [1.165, 1.54) is 0 Å². The van der Waals surface area contributed by atoms with Crippen molar-refractivity contribution in [3.63, 3.8) is 0 Å². The van der Waals surface area contributed by atoms with Crippen molar-refractivity contribution in [3.05, 3.63) is 97.1 Å².